The van der Waals surface area contributed by atoms with Crippen LogP contribution in [0.15, 0.2) is 102 Å². The lowest BCUT2D eigenvalue weighted by atomic mass is 9.95. The summed E-state index contributed by atoms with van der Waals surface area (Å²) in [6, 6.07) is 6.00. The largest absolute Gasteiger partial charge is 0.276 e. The number of hydrogen-bond donors (Lipinski definition) is 1. The van der Waals surface area contributed by atoms with Gasteiger partial charge in [-0.15, -0.1) is 0 Å². The van der Waals surface area contributed by atoms with Gasteiger partial charge >= 0.3 is 0 Å². The number of allylic oxidation sites excluding steroid dienone is 13. The van der Waals surface area contributed by atoms with Crippen LogP contribution in [0.1, 0.15) is 38.4 Å². The molecule has 0 radical (unpaired) electrons. The lowest BCUT2D eigenvalue weighted by Gasteiger charge is -2.10. The predicted molar refractivity (Wildman–Crippen MR) is 128 cm³/mol. The molecule has 2 heterocycles. The molecule has 0 spiro atoms. The molecule has 0 fully saturated rings. The van der Waals surface area contributed by atoms with E-state index in [0.717, 1.165) is 45.8 Å². The summed E-state index contributed by atoms with van der Waals surface area (Å²) in [5, 5.41) is 7.37. The second-order valence-electron chi connectivity index (χ2n) is 7.44. The average molecular weight is 396 g/mol. The fourth-order valence-corrected chi connectivity index (χ4v) is 3.27. The van der Waals surface area contributed by atoms with Crippen molar-refractivity contribution in [3.8, 4) is 11.4 Å². The number of pyridine rings is 1. The van der Waals surface area contributed by atoms with Gasteiger partial charge in [0.1, 0.15) is 0 Å². The topological polar surface area (TPSA) is 41.6 Å². The van der Waals surface area contributed by atoms with Crippen molar-refractivity contribution < 1.29 is 0 Å². The Morgan fingerprint density at radius 3 is 2.70 bits per heavy atom. The Hall–Kier alpha value is -3.46. The summed E-state index contributed by atoms with van der Waals surface area (Å²) >= 11 is 0. The Morgan fingerprint density at radius 1 is 1.13 bits per heavy atom. The maximum atomic E-state index is 4.63. The third-order valence-corrected chi connectivity index (χ3v) is 5.17. The molecule has 2 aromatic rings. The molecule has 0 saturated heterocycles. The Balaban J connectivity index is 1.93. The summed E-state index contributed by atoms with van der Waals surface area (Å²) in [5.74, 6) is 0. The number of H-pyrrole nitrogens is 1. The highest BCUT2D eigenvalue weighted by atomic mass is 15.1. The molecule has 3 heteroatoms. The van der Waals surface area contributed by atoms with Gasteiger partial charge in [-0.25, -0.2) is 0 Å². The number of aromatic nitrogens is 3. The van der Waals surface area contributed by atoms with Crippen LogP contribution in [0.4, 0.5) is 0 Å². The molecule has 0 bridgehead atoms. The van der Waals surface area contributed by atoms with Crippen molar-refractivity contribution in [2.75, 3.05) is 0 Å². The van der Waals surface area contributed by atoms with Crippen LogP contribution in [0.2, 0.25) is 0 Å². The molecular formula is C27H29N3. The number of rotatable bonds is 5. The first-order chi connectivity index (χ1) is 14.5. The monoisotopic (exact) mass is 395 g/mol. The molecule has 0 atom stereocenters. The van der Waals surface area contributed by atoms with Crippen molar-refractivity contribution in [2.24, 2.45) is 0 Å². The van der Waals surface area contributed by atoms with Gasteiger partial charge in [0.05, 0.1) is 17.6 Å². The van der Waals surface area contributed by atoms with Gasteiger partial charge in [-0.1, -0.05) is 66.8 Å². The Morgan fingerprint density at radius 2 is 1.97 bits per heavy atom. The molecule has 1 N–H and O–H groups in total. The fraction of sp³-hybridized carbons (Fsp3) is 0.185. The predicted octanol–water partition coefficient (Wildman–Crippen LogP) is 7.07. The van der Waals surface area contributed by atoms with Gasteiger partial charge in [-0.2, -0.15) is 5.10 Å². The summed E-state index contributed by atoms with van der Waals surface area (Å²) in [7, 11) is 0. The summed E-state index contributed by atoms with van der Waals surface area (Å²) in [5.41, 5.74) is 9.61. The van der Waals surface area contributed by atoms with Gasteiger partial charge in [-0.3, -0.25) is 10.1 Å². The molecule has 0 amide bonds. The van der Waals surface area contributed by atoms with Crippen molar-refractivity contribution >= 4 is 5.57 Å². The van der Waals surface area contributed by atoms with Crippen molar-refractivity contribution in [3.63, 3.8) is 0 Å². The SMILES string of the molecule is C=C1\C=C/C(c2cn[nH]c2-c2cccc(C)n2)=C/C=C/C1=C/C(=C\C)C/C(C)=C/C. The number of aromatic amines is 1. The zero-order valence-corrected chi connectivity index (χ0v) is 18.2. The van der Waals surface area contributed by atoms with Crippen LogP contribution in [0, 0.1) is 6.92 Å². The van der Waals surface area contributed by atoms with E-state index >= 15 is 0 Å². The van der Waals surface area contributed by atoms with Crippen LogP contribution in [0.5, 0.6) is 0 Å². The number of nitrogens with zero attached hydrogens (tertiary/aromatic N) is 2. The van der Waals surface area contributed by atoms with Gasteiger partial charge in [-0.05, 0) is 68.5 Å². The second-order valence-corrected chi connectivity index (χ2v) is 7.44. The Labute approximate surface area is 179 Å². The molecular weight excluding hydrogens is 366 g/mol. The molecule has 0 aliphatic heterocycles. The first-order valence-corrected chi connectivity index (χ1v) is 10.2. The molecule has 1 aliphatic carbocycles. The molecule has 1 aliphatic rings. The van der Waals surface area contributed by atoms with Crippen molar-refractivity contribution in [3.05, 3.63) is 113 Å². The highest BCUT2D eigenvalue weighted by molar-refractivity contribution is 5.84. The van der Waals surface area contributed by atoms with E-state index in [0.29, 0.717) is 0 Å². The van der Waals surface area contributed by atoms with Crippen molar-refractivity contribution in [1.29, 1.82) is 0 Å². The maximum absolute atomic E-state index is 4.63. The number of nitrogens with one attached hydrogen (secondary N) is 1. The third kappa shape index (κ3) is 5.12. The quantitative estimate of drug-likeness (QED) is 0.550. The van der Waals surface area contributed by atoms with E-state index in [1.807, 2.05) is 31.3 Å². The van der Waals surface area contributed by atoms with Crippen LogP contribution >= 0.6 is 0 Å². The summed E-state index contributed by atoms with van der Waals surface area (Å²) in [4.78, 5) is 4.63. The molecule has 0 saturated carbocycles. The van der Waals surface area contributed by atoms with E-state index < -0.39 is 0 Å². The standard InChI is InChI=1S/C27H29N3/c1-6-19(3)16-22(7-2)17-24-12-9-11-23(15-14-20(24)4)25-18-28-30-27(25)26-13-8-10-21(5)29-26/h6-15,17-18H,4,16H2,1-3,5H3,(H,28,30)/b12-9+,15-14-,19-6+,22-7-,23-11-,24-17-. The normalized spacial score (nSPS) is 20.5. The van der Waals surface area contributed by atoms with Gasteiger partial charge < -0.3 is 0 Å². The van der Waals surface area contributed by atoms with Gasteiger partial charge in [0.15, 0.2) is 0 Å². The van der Waals surface area contributed by atoms with Crippen molar-refractivity contribution in [1.82, 2.24) is 15.2 Å². The Kier molecular flexibility index (Phi) is 6.97. The highest BCUT2D eigenvalue weighted by Gasteiger charge is 2.12. The molecule has 3 nitrogen and oxygen atoms in total. The van der Waals surface area contributed by atoms with E-state index in [2.05, 4.69) is 91.1 Å². The smallest absolute Gasteiger partial charge is 0.0912 e. The van der Waals surface area contributed by atoms with Crippen LogP contribution in [0.25, 0.3) is 17.0 Å². The van der Waals surface area contributed by atoms with Gasteiger partial charge in [0.2, 0.25) is 0 Å². The summed E-state index contributed by atoms with van der Waals surface area (Å²) in [6.07, 6.45) is 19.8. The lowest BCUT2D eigenvalue weighted by Crippen LogP contribution is -1.92. The summed E-state index contributed by atoms with van der Waals surface area (Å²) in [6.45, 7) is 12.6. The zero-order valence-electron chi connectivity index (χ0n) is 18.2. The molecule has 30 heavy (non-hydrogen) atoms. The van der Waals surface area contributed by atoms with Crippen LogP contribution in [0.3, 0.4) is 0 Å². The minimum Gasteiger partial charge on any atom is -0.276 e. The maximum Gasteiger partial charge on any atom is 0.0912 e. The number of aryl methyl sites for hydroxylation is 1. The minimum absolute atomic E-state index is 0.888. The highest BCUT2D eigenvalue weighted by Crippen LogP contribution is 2.29. The van der Waals surface area contributed by atoms with E-state index in [1.165, 1.54) is 11.1 Å². The summed E-state index contributed by atoms with van der Waals surface area (Å²) < 4.78 is 0. The van der Waals surface area contributed by atoms with Crippen LogP contribution < -0.4 is 0 Å². The fourth-order valence-electron chi connectivity index (χ4n) is 3.27. The molecule has 0 aromatic carbocycles. The van der Waals surface area contributed by atoms with Crippen molar-refractivity contribution in [2.45, 2.75) is 34.1 Å². The van der Waals surface area contributed by atoms with E-state index in [-0.39, 0.29) is 0 Å². The molecule has 152 valence electrons. The van der Waals surface area contributed by atoms with Gasteiger partial charge in [0, 0.05) is 11.3 Å². The molecule has 2 aromatic heterocycles. The first kappa shape index (κ1) is 21.3. The Bertz CT molecular complexity index is 1110. The first-order valence-electron chi connectivity index (χ1n) is 10.2. The zero-order chi connectivity index (χ0) is 21.5. The van der Waals surface area contributed by atoms with E-state index in [4.69, 9.17) is 0 Å². The van der Waals surface area contributed by atoms with Crippen LogP contribution in [-0.4, -0.2) is 15.2 Å². The van der Waals surface area contributed by atoms with Gasteiger partial charge in [0.25, 0.3) is 0 Å². The molecule has 0 unspecified atom stereocenters. The average Bonchev–Trinajstić information content (AvgIpc) is 3.22. The molecule has 3 rings (SSSR count). The van der Waals surface area contributed by atoms with E-state index in [9.17, 15) is 0 Å². The lowest BCUT2D eigenvalue weighted by molar-refractivity contribution is 1.08. The van der Waals surface area contributed by atoms with E-state index in [1.54, 1.807) is 0 Å². The minimum atomic E-state index is 0.888. The second kappa shape index (κ2) is 9.84. The number of hydrogen-bond acceptors (Lipinski definition) is 2. The van der Waals surface area contributed by atoms with Crippen LogP contribution in [-0.2, 0) is 0 Å². The third-order valence-electron chi connectivity index (χ3n) is 5.17.